The van der Waals surface area contributed by atoms with Gasteiger partial charge >= 0.3 is 6.09 Å². The summed E-state index contributed by atoms with van der Waals surface area (Å²) < 4.78 is 5.26. The quantitative estimate of drug-likeness (QED) is 0.738. The zero-order valence-corrected chi connectivity index (χ0v) is 13.0. The molecule has 0 spiro atoms. The first-order valence-electron chi connectivity index (χ1n) is 7.21. The van der Waals surface area contributed by atoms with E-state index in [0.29, 0.717) is 13.1 Å². The summed E-state index contributed by atoms with van der Waals surface area (Å²) >= 11 is 0. The highest BCUT2D eigenvalue weighted by atomic mass is 16.6. The minimum Gasteiger partial charge on any atom is -0.443 e. The summed E-state index contributed by atoms with van der Waals surface area (Å²) in [6.45, 7) is 8.08. The number of carbonyl (C=O) groups excluding carboxylic acids is 3. The molecule has 1 unspecified atom stereocenters. The van der Waals surface area contributed by atoms with Crippen LogP contribution in [0.4, 0.5) is 4.79 Å². The van der Waals surface area contributed by atoms with Gasteiger partial charge in [-0.15, -0.1) is 0 Å². The van der Waals surface area contributed by atoms with Gasteiger partial charge in [0, 0.05) is 19.2 Å². The molecule has 1 saturated heterocycles. The van der Waals surface area contributed by atoms with Crippen molar-refractivity contribution in [2.75, 3.05) is 13.1 Å². The van der Waals surface area contributed by atoms with Crippen LogP contribution < -0.4 is 0 Å². The number of ether oxygens (including phenoxy) is 1. The normalized spacial score (nSPS) is 25.6. The molecule has 6 nitrogen and oxygen atoms in total. The van der Waals surface area contributed by atoms with E-state index in [0.717, 1.165) is 17.7 Å². The lowest BCUT2D eigenvalue weighted by atomic mass is 10.0. The third-order valence-electron chi connectivity index (χ3n) is 3.64. The summed E-state index contributed by atoms with van der Waals surface area (Å²) in [5.41, 5.74) is -2.01. The van der Waals surface area contributed by atoms with E-state index in [-0.39, 0.29) is 5.91 Å². The lowest BCUT2D eigenvalue weighted by Crippen LogP contribution is -2.58. The van der Waals surface area contributed by atoms with Gasteiger partial charge < -0.3 is 9.64 Å². The van der Waals surface area contributed by atoms with Crippen molar-refractivity contribution in [2.45, 2.75) is 51.7 Å². The zero-order chi connectivity index (χ0) is 15.8. The minimum absolute atomic E-state index is 0.229. The average Bonchev–Trinajstić information content (AvgIpc) is 2.95. The minimum atomic E-state index is -1.29. The summed E-state index contributed by atoms with van der Waals surface area (Å²) in [5, 5.41) is 0. The maximum atomic E-state index is 12.7. The maximum absolute atomic E-state index is 12.7. The van der Waals surface area contributed by atoms with Gasteiger partial charge in [-0.1, -0.05) is 0 Å². The summed E-state index contributed by atoms with van der Waals surface area (Å²) in [6, 6.07) is 0. The Morgan fingerprint density at radius 3 is 2.33 bits per heavy atom. The number of likely N-dealkylation sites (tertiary alicyclic amines) is 1. The highest BCUT2D eigenvalue weighted by Crippen LogP contribution is 2.29. The van der Waals surface area contributed by atoms with Crippen molar-refractivity contribution in [1.29, 1.82) is 0 Å². The Hall–Kier alpha value is -1.85. The SMILES string of the molecule is CC(C)(C)OC(=O)N1C(=O)C=CC1(C)C(=O)N1CCCC1. The molecule has 0 bridgehead atoms. The van der Waals surface area contributed by atoms with Gasteiger partial charge in [0.25, 0.3) is 11.8 Å². The van der Waals surface area contributed by atoms with Crippen molar-refractivity contribution in [3.05, 3.63) is 12.2 Å². The Morgan fingerprint density at radius 1 is 1.24 bits per heavy atom. The highest BCUT2D eigenvalue weighted by Gasteiger charge is 2.50. The van der Waals surface area contributed by atoms with Gasteiger partial charge in [0.15, 0.2) is 0 Å². The zero-order valence-electron chi connectivity index (χ0n) is 13.0. The molecular weight excluding hydrogens is 272 g/mol. The molecule has 1 atom stereocenters. The van der Waals surface area contributed by atoms with Gasteiger partial charge in [0.05, 0.1) is 0 Å². The molecule has 0 N–H and O–H groups in total. The molecule has 0 radical (unpaired) electrons. The van der Waals surface area contributed by atoms with E-state index in [2.05, 4.69) is 0 Å². The molecule has 3 amide bonds. The number of rotatable bonds is 1. The lowest BCUT2D eigenvalue weighted by Gasteiger charge is -2.35. The van der Waals surface area contributed by atoms with Crippen LogP contribution in [-0.2, 0) is 14.3 Å². The number of nitrogens with zero attached hydrogens (tertiary/aromatic N) is 2. The summed E-state index contributed by atoms with van der Waals surface area (Å²) in [4.78, 5) is 39.6. The van der Waals surface area contributed by atoms with E-state index in [1.807, 2.05) is 0 Å². The predicted octanol–water partition coefficient (Wildman–Crippen LogP) is 1.70. The third kappa shape index (κ3) is 2.94. The van der Waals surface area contributed by atoms with Gasteiger partial charge in [-0.2, -0.15) is 0 Å². The monoisotopic (exact) mass is 294 g/mol. The van der Waals surface area contributed by atoms with Crippen molar-refractivity contribution >= 4 is 17.9 Å². The van der Waals surface area contributed by atoms with Crippen LogP contribution in [-0.4, -0.2) is 51.9 Å². The Kier molecular flexibility index (Phi) is 3.82. The van der Waals surface area contributed by atoms with E-state index in [9.17, 15) is 14.4 Å². The molecule has 0 aliphatic carbocycles. The fraction of sp³-hybridized carbons (Fsp3) is 0.667. The van der Waals surface area contributed by atoms with Crippen LogP contribution in [0.3, 0.4) is 0 Å². The van der Waals surface area contributed by atoms with Gasteiger partial charge in [-0.3, -0.25) is 9.59 Å². The van der Waals surface area contributed by atoms with Crippen LogP contribution in [0.5, 0.6) is 0 Å². The molecule has 0 saturated carbocycles. The first kappa shape index (κ1) is 15.5. The second kappa shape index (κ2) is 5.16. The van der Waals surface area contributed by atoms with E-state index in [4.69, 9.17) is 4.74 Å². The Bertz CT molecular complexity index is 500. The molecule has 21 heavy (non-hydrogen) atoms. The van der Waals surface area contributed by atoms with Crippen LogP contribution in [0.15, 0.2) is 12.2 Å². The van der Waals surface area contributed by atoms with Crippen molar-refractivity contribution in [3.8, 4) is 0 Å². The van der Waals surface area contributed by atoms with Crippen molar-refractivity contribution < 1.29 is 19.1 Å². The Morgan fingerprint density at radius 2 is 1.81 bits per heavy atom. The largest absolute Gasteiger partial charge is 0.443 e. The first-order chi connectivity index (χ1) is 9.65. The van der Waals surface area contributed by atoms with Crippen LogP contribution in [0.2, 0.25) is 0 Å². The third-order valence-corrected chi connectivity index (χ3v) is 3.64. The molecule has 1 fully saturated rings. The second-order valence-electron chi connectivity index (χ2n) is 6.63. The summed E-state index contributed by atoms with van der Waals surface area (Å²) in [7, 11) is 0. The summed E-state index contributed by atoms with van der Waals surface area (Å²) in [6.07, 6.45) is 3.86. The molecule has 2 rings (SSSR count). The average molecular weight is 294 g/mol. The Balaban J connectivity index is 2.24. The van der Waals surface area contributed by atoms with Crippen LogP contribution in [0.25, 0.3) is 0 Å². The molecule has 0 aromatic carbocycles. The van der Waals surface area contributed by atoms with Gasteiger partial charge in [0.2, 0.25) is 0 Å². The highest BCUT2D eigenvalue weighted by molar-refractivity contribution is 6.09. The van der Waals surface area contributed by atoms with Crippen LogP contribution in [0, 0.1) is 0 Å². The molecule has 2 aliphatic heterocycles. The summed E-state index contributed by atoms with van der Waals surface area (Å²) in [5.74, 6) is -0.743. The lowest BCUT2D eigenvalue weighted by molar-refractivity contribution is -0.144. The fourth-order valence-corrected chi connectivity index (χ4v) is 2.61. The standard InChI is InChI=1S/C15H22N2O4/c1-14(2,3)21-13(20)17-11(18)7-8-15(17,4)12(19)16-9-5-6-10-16/h7-8H,5-6,9-10H2,1-4H3. The predicted molar refractivity (Wildman–Crippen MR) is 76.4 cm³/mol. The van der Waals surface area contributed by atoms with Crippen molar-refractivity contribution in [2.24, 2.45) is 0 Å². The topological polar surface area (TPSA) is 66.9 Å². The molecule has 2 heterocycles. The molecule has 0 aromatic rings. The van der Waals surface area contributed by atoms with E-state index in [1.165, 1.54) is 12.2 Å². The van der Waals surface area contributed by atoms with Crippen LogP contribution in [0.1, 0.15) is 40.5 Å². The molecule has 6 heteroatoms. The van der Waals surface area contributed by atoms with E-state index < -0.39 is 23.1 Å². The number of carbonyl (C=O) groups is 3. The first-order valence-corrected chi connectivity index (χ1v) is 7.21. The Labute approximate surface area is 124 Å². The number of hydrogen-bond donors (Lipinski definition) is 0. The van der Waals surface area contributed by atoms with Gasteiger partial charge in [-0.25, -0.2) is 9.69 Å². The van der Waals surface area contributed by atoms with Crippen LogP contribution >= 0.6 is 0 Å². The van der Waals surface area contributed by atoms with Gasteiger partial charge in [-0.05, 0) is 46.6 Å². The molecule has 2 aliphatic rings. The van der Waals surface area contributed by atoms with Crippen molar-refractivity contribution in [1.82, 2.24) is 9.80 Å². The second-order valence-corrected chi connectivity index (χ2v) is 6.63. The smallest absolute Gasteiger partial charge is 0.418 e. The number of amides is 3. The van der Waals surface area contributed by atoms with E-state index in [1.54, 1.807) is 32.6 Å². The molecule has 0 aromatic heterocycles. The van der Waals surface area contributed by atoms with E-state index >= 15 is 0 Å². The number of imide groups is 1. The maximum Gasteiger partial charge on any atom is 0.418 e. The molecular formula is C15H22N2O4. The molecule has 116 valence electrons. The van der Waals surface area contributed by atoms with Gasteiger partial charge in [0.1, 0.15) is 11.1 Å². The fourth-order valence-electron chi connectivity index (χ4n) is 2.61. The van der Waals surface area contributed by atoms with Crippen molar-refractivity contribution in [3.63, 3.8) is 0 Å². The number of hydrogen-bond acceptors (Lipinski definition) is 4.